The lowest BCUT2D eigenvalue weighted by Crippen LogP contribution is -2.67. The van der Waals surface area contributed by atoms with Crippen molar-refractivity contribution in [3.63, 3.8) is 0 Å². The number of aliphatic hydroxyl groups is 3. The van der Waals surface area contributed by atoms with Crippen molar-refractivity contribution in [2.24, 2.45) is 34.5 Å². The third-order valence-electron chi connectivity index (χ3n) is 8.81. The third kappa shape index (κ3) is 2.50. The number of fused-ring (bicyclic) bond motifs is 3. The van der Waals surface area contributed by atoms with E-state index in [1.165, 1.54) is 0 Å². The second-order valence-corrected chi connectivity index (χ2v) is 10.4. The van der Waals surface area contributed by atoms with Gasteiger partial charge in [-0.25, -0.2) is 4.79 Å². The molecular weight excluding hydrogens is 396 g/mol. The normalized spacial score (nSPS) is 45.2. The number of carbonyl (C=O) groups excluding carboxylic acids is 2. The molecule has 0 aromatic carbocycles. The zero-order chi connectivity index (χ0) is 23.1. The summed E-state index contributed by atoms with van der Waals surface area (Å²) in [5.41, 5.74) is -2.43. The summed E-state index contributed by atoms with van der Waals surface area (Å²) in [5.74, 6) is -1.21. The maximum atomic E-state index is 14.1. The Labute approximate surface area is 183 Å². The van der Waals surface area contributed by atoms with Gasteiger partial charge in [-0.3, -0.25) is 4.79 Å². The van der Waals surface area contributed by atoms with Gasteiger partial charge in [0.25, 0.3) is 0 Å². The lowest BCUT2D eigenvalue weighted by atomic mass is 9.54. The largest absolute Gasteiger partial charge is 0.451 e. The van der Waals surface area contributed by atoms with E-state index in [0.29, 0.717) is 17.6 Å². The fraction of sp³-hybridized carbons (Fsp3) is 0.680. The number of carbonyl (C=O) groups is 2. The number of ketones is 1. The molecule has 4 rings (SSSR count). The van der Waals surface area contributed by atoms with Crippen molar-refractivity contribution in [1.82, 2.24) is 0 Å². The SMILES string of the molecule is C/C=C(/C)C(=O)O[C@@H]1C(CO)=C[C@@H]2C(=O)[C@]3(C=C(C)[C@H](O)[C@@]13O)C(CC)[C@@H]1[C@H]2C1(C)C. The van der Waals surface area contributed by atoms with Crippen LogP contribution in [0.25, 0.3) is 0 Å². The molecule has 1 spiro atoms. The average Bonchev–Trinajstić information content (AvgIpc) is 3.24. The number of aliphatic hydroxyl groups excluding tert-OH is 2. The third-order valence-corrected chi connectivity index (χ3v) is 8.81. The standard InChI is InChI=1S/C25H34O6/c1-7-12(3)22(29)31-21-14(11-26)9-15-17-18(23(17,5)6)16(8-2)24(20(15)28)10-13(4)19(27)25(21,24)30/h7,9-10,15-19,21,26-27,30H,8,11H2,1-6H3/b12-7-/t15-,16?,17-,18+,19-,21+,24-,25+/m0/s1. The van der Waals surface area contributed by atoms with Crippen LogP contribution >= 0.6 is 0 Å². The van der Waals surface area contributed by atoms with Crippen LogP contribution in [0.15, 0.2) is 34.9 Å². The van der Waals surface area contributed by atoms with Gasteiger partial charge in [0.05, 0.1) is 12.0 Å². The van der Waals surface area contributed by atoms with Crippen LogP contribution in [0.2, 0.25) is 0 Å². The minimum Gasteiger partial charge on any atom is -0.451 e. The molecule has 31 heavy (non-hydrogen) atoms. The second-order valence-electron chi connectivity index (χ2n) is 10.4. The van der Waals surface area contributed by atoms with Gasteiger partial charge in [-0.05, 0) is 55.1 Å². The highest BCUT2D eigenvalue weighted by atomic mass is 16.6. The van der Waals surface area contributed by atoms with Crippen LogP contribution < -0.4 is 0 Å². The molecule has 0 aromatic rings. The molecule has 2 bridgehead atoms. The van der Waals surface area contributed by atoms with Crippen LogP contribution in [0, 0.1) is 34.5 Å². The van der Waals surface area contributed by atoms with Crippen LogP contribution in [0.3, 0.4) is 0 Å². The monoisotopic (exact) mass is 430 g/mol. The van der Waals surface area contributed by atoms with E-state index in [1.54, 1.807) is 39.0 Å². The number of esters is 1. The Morgan fingerprint density at radius 3 is 2.48 bits per heavy atom. The molecule has 8 atom stereocenters. The van der Waals surface area contributed by atoms with Gasteiger partial charge in [-0.15, -0.1) is 0 Å². The molecule has 1 unspecified atom stereocenters. The molecule has 6 heteroatoms. The molecule has 2 fully saturated rings. The number of ether oxygens (including phenoxy) is 1. The summed E-state index contributed by atoms with van der Waals surface area (Å²) in [5, 5.41) is 33.8. The molecule has 2 saturated carbocycles. The molecule has 0 radical (unpaired) electrons. The Balaban J connectivity index is 1.98. The van der Waals surface area contributed by atoms with Gasteiger partial charge in [0.15, 0.2) is 17.5 Å². The Morgan fingerprint density at radius 1 is 1.29 bits per heavy atom. The molecule has 0 heterocycles. The number of allylic oxidation sites excluding steroid dienone is 2. The molecule has 0 amide bonds. The minimum atomic E-state index is -2.08. The molecule has 170 valence electrons. The lowest BCUT2D eigenvalue weighted by Gasteiger charge is -2.51. The van der Waals surface area contributed by atoms with Crippen molar-refractivity contribution in [2.45, 2.75) is 65.8 Å². The zero-order valence-corrected chi connectivity index (χ0v) is 19.2. The molecule has 0 aromatic heterocycles. The van der Waals surface area contributed by atoms with Gasteiger partial charge in [-0.1, -0.05) is 45.4 Å². The van der Waals surface area contributed by atoms with Crippen LogP contribution in [0.5, 0.6) is 0 Å². The van der Waals surface area contributed by atoms with Gasteiger partial charge < -0.3 is 20.1 Å². The predicted molar refractivity (Wildman–Crippen MR) is 115 cm³/mol. The first-order chi connectivity index (χ1) is 14.4. The van der Waals surface area contributed by atoms with Crippen molar-refractivity contribution < 1.29 is 29.6 Å². The van der Waals surface area contributed by atoms with E-state index in [0.717, 1.165) is 0 Å². The van der Waals surface area contributed by atoms with Gasteiger partial charge in [0, 0.05) is 11.5 Å². The van der Waals surface area contributed by atoms with E-state index in [-0.39, 0.29) is 34.5 Å². The summed E-state index contributed by atoms with van der Waals surface area (Å²) in [6, 6.07) is 0. The first kappa shape index (κ1) is 22.4. The highest BCUT2D eigenvalue weighted by molar-refractivity contribution is 5.96. The lowest BCUT2D eigenvalue weighted by molar-refractivity contribution is -0.207. The van der Waals surface area contributed by atoms with E-state index < -0.39 is 41.7 Å². The van der Waals surface area contributed by atoms with Gasteiger partial charge in [-0.2, -0.15) is 0 Å². The Bertz CT molecular complexity index is 926. The summed E-state index contributed by atoms with van der Waals surface area (Å²) in [4.78, 5) is 26.9. The number of Topliss-reactive ketones (excluding diaryl/α,β-unsaturated/α-hetero) is 1. The average molecular weight is 431 g/mol. The van der Waals surface area contributed by atoms with Crippen molar-refractivity contribution in [1.29, 1.82) is 0 Å². The molecular formula is C25H34O6. The minimum absolute atomic E-state index is 0.0944. The first-order valence-electron chi connectivity index (χ1n) is 11.2. The summed E-state index contributed by atoms with van der Waals surface area (Å²) in [7, 11) is 0. The van der Waals surface area contributed by atoms with Crippen molar-refractivity contribution in [2.75, 3.05) is 6.61 Å². The Kier molecular flexibility index (Phi) is 4.97. The number of hydrogen-bond acceptors (Lipinski definition) is 6. The van der Waals surface area contributed by atoms with E-state index in [4.69, 9.17) is 4.74 Å². The Morgan fingerprint density at radius 2 is 1.94 bits per heavy atom. The second kappa shape index (κ2) is 6.87. The van der Waals surface area contributed by atoms with Crippen molar-refractivity contribution >= 4 is 11.8 Å². The fourth-order valence-electron chi connectivity index (χ4n) is 7.21. The molecule has 3 N–H and O–H groups in total. The maximum absolute atomic E-state index is 14.1. The van der Waals surface area contributed by atoms with Gasteiger partial charge in [0.2, 0.25) is 0 Å². The van der Waals surface area contributed by atoms with Gasteiger partial charge in [0.1, 0.15) is 6.10 Å². The molecule has 0 saturated heterocycles. The molecule has 6 nitrogen and oxygen atoms in total. The quantitative estimate of drug-likeness (QED) is 0.359. The van der Waals surface area contributed by atoms with E-state index >= 15 is 0 Å². The van der Waals surface area contributed by atoms with Gasteiger partial charge >= 0.3 is 5.97 Å². The zero-order valence-electron chi connectivity index (χ0n) is 19.2. The highest BCUT2D eigenvalue weighted by Gasteiger charge is 2.81. The van der Waals surface area contributed by atoms with E-state index in [2.05, 4.69) is 13.8 Å². The topological polar surface area (TPSA) is 104 Å². The van der Waals surface area contributed by atoms with Crippen LogP contribution in [-0.4, -0.2) is 51.5 Å². The Hall–Kier alpha value is -1.76. The fourth-order valence-corrected chi connectivity index (χ4v) is 7.21. The summed E-state index contributed by atoms with van der Waals surface area (Å²) >= 11 is 0. The predicted octanol–water partition coefficient (Wildman–Crippen LogP) is 2.33. The first-order valence-corrected chi connectivity index (χ1v) is 11.2. The van der Waals surface area contributed by atoms with Crippen molar-refractivity contribution in [3.05, 3.63) is 34.9 Å². The summed E-state index contributed by atoms with van der Waals surface area (Å²) in [6.07, 6.45) is 2.98. The molecule has 0 aliphatic heterocycles. The molecule has 4 aliphatic rings. The highest BCUT2D eigenvalue weighted by Crippen LogP contribution is 2.76. The number of hydrogen-bond donors (Lipinski definition) is 3. The van der Waals surface area contributed by atoms with E-state index in [9.17, 15) is 24.9 Å². The van der Waals surface area contributed by atoms with Crippen LogP contribution in [0.1, 0.15) is 48.0 Å². The molecule has 4 aliphatic carbocycles. The maximum Gasteiger partial charge on any atom is 0.334 e. The van der Waals surface area contributed by atoms with E-state index in [1.807, 2.05) is 6.92 Å². The smallest absolute Gasteiger partial charge is 0.334 e. The van der Waals surface area contributed by atoms with Crippen LogP contribution in [0.4, 0.5) is 0 Å². The summed E-state index contributed by atoms with van der Waals surface area (Å²) < 4.78 is 5.78. The number of rotatable bonds is 4. The summed E-state index contributed by atoms with van der Waals surface area (Å²) in [6.45, 7) is 10.8. The van der Waals surface area contributed by atoms with Crippen molar-refractivity contribution in [3.8, 4) is 0 Å². The van der Waals surface area contributed by atoms with Crippen LogP contribution in [-0.2, 0) is 14.3 Å².